The van der Waals surface area contributed by atoms with E-state index in [1.807, 2.05) is 0 Å². The molecule has 9 heteroatoms. The standard InChI is InChI=1S/C19H16Cl2N2O4S/c1-3-23-19(25)14(10-22-23)18(24)13-8-9-15(28(2,26)27)16(17(13)21)11-4-6-12(20)7-5-11/h4-10,22H,3H2,1-2H3. The normalized spacial score (nSPS) is 11.6. The number of nitrogens with one attached hydrogen (secondary N) is 1. The van der Waals surface area contributed by atoms with E-state index in [9.17, 15) is 18.0 Å². The van der Waals surface area contributed by atoms with Gasteiger partial charge in [0.2, 0.25) is 5.78 Å². The lowest BCUT2D eigenvalue weighted by Gasteiger charge is -2.13. The fourth-order valence-corrected chi connectivity index (χ4v) is 4.33. The van der Waals surface area contributed by atoms with E-state index >= 15 is 0 Å². The van der Waals surface area contributed by atoms with Crippen LogP contribution in [0.25, 0.3) is 11.1 Å². The lowest BCUT2D eigenvalue weighted by Crippen LogP contribution is -2.21. The number of aromatic amines is 1. The molecule has 0 unspecified atom stereocenters. The molecule has 0 aliphatic carbocycles. The minimum Gasteiger partial charge on any atom is -0.302 e. The number of ketones is 1. The third-order valence-electron chi connectivity index (χ3n) is 4.28. The third kappa shape index (κ3) is 3.65. The van der Waals surface area contributed by atoms with Crippen LogP contribution in [0.5, 0.6) is 0 Å². The largest absolute Gasteiger partial charge is 0.302 e. The second-order valence-corrected chi connectivity index (χ2v) is 8.94. The van der Waals surface area contributed by atoms with Gasteiger partial charge in [-0.2, -0.15) is 0 Å². The van der Waals surface area contributed by atoms with Gasteiger partial charge in [-0.05, 0) is 36.8 Å². The van der Waals surface area contributed by atoms with E-state index in [0.29, 0.717) is 17.1 Å². The van der Waals surface area contributed by atoms with Gasteiger partial charge < -0.3 is 5.10 Å². The van der Waals surface area contributed by atoms with Gasteiger partial charge in [0.05, 0.1) is 9.92 Å². The Balaban J connectivity index is 2.26. The molecule has 2 aromatic carbocycles. The molecule has 0 fully saturated rings. The molecule has 3 aromatic rings. The predicted octanol–water partition coefficient (Wildman–Crippen LogP) is 3.80. The summed E-state index contributed by atoms with van der Waals surface area (Å²) in [5, 5.41) is 3.14. The fraction of sp³-hybridized carbons (Fsp3) is 0.158. The molecule has 28 heavy (non-hydrogen) atoms. The average molecular weight is 439 g/mol. The summed E-state index contributed by atoms with van der Waals surface area (Å²) in [4.78, 5) is 25.2. The molecule has 0 saturated carbocycles. The number of H-pyrrole nitrogens is 1. The molecule has 0 bridgehead atoms. The van der Waals surface area contributed by atoms with Crippen LogP contribution < -0.4 is 5.56 Å². The van der Waals surface area contributed by atoms with Gasteiger partial charge in [-0.25, -0.2) is 8.42 Å². The number of nitrogens with zero attached hydrogens (tertiary/aromatic N) is 1. The highest BCUT2D eigenvalue weighted by Gasteiger charge is 2.25. The smallest absolute Gasteiger partial charge is 0.277 e. The maximum Gasteiger partial charge on any atom is 0.277 e. The summed E-state index contributed by atoms with van der Waals surface area (Å²) < 4.78 is 25.8. The molecule has 0 spiro atoms. The second-order valence-electron chi connectivity index (χ2n) is 6.14. The molecular weight excluding hydrogens is 423 g/mol. The molecule has 0 radical (unpaired) electrons. The van der Waals surface area contributed by atoms with E-state index in [1.54, 1.807) is 31.2 Å². The number of hydrogen-bond donors (Lipinski definition) is 1. The van der Waals surface area contributed by atoms with Crippen molar-refractivity contribution in [3.63, 3.8) is 0 Å². The molecule has 0 aliphatic rings. The Morgan fingerprint density at radius 3 is 2.25 bits per heavy atom. The topological polar surface area (TPSA) is 89.0 Å². The lowest BCUT2D eigenvalue weighted by atomic mass is 9.99. The van der Waals surface area contributed by atoms with Crippen LogP contribution in [0.4, 0.5) is 0 Å². The highest BCUT2D eigenvalue weighted by molar-refractivity contribution is 7.90. The molecular formula is C19H16Cl2N2O4S. The summed E-state index contributed by atoms with van der Waals surface area (Å²) in [5.41, 5.74) is 0.183. The maximum atomic E-state index is 12.9. The van der Waals surface area contributed by atoms with Crippen molar-refractivity contribution in [3.05, 3.63) is 74.1 Å². The number of sulfone groups is 1. The summed E-state index contributed by atoms with van der Waals surface area (Å²) in [6.07, 6.45) is 2.38. The maximum absolute atomic E-state index is 12.9. The van der Waals surface area contributed by atoms with E-state index in [0.717, 1.165) is 6.26 Å². The number of aromatic nitrogens is 2. The van der Waals surface area contributed by atoms with Crippen LogP contribution in [0.15, 0.2) is 52.3 Å². The molecule has 6 nitrogen and oxygen atoms in total. The van der Waals surface area contributed by atoms with Crippen LogP contribution in [0, 0.1) is 0 Å². The van der Waals surface area contributed by atoms with Gasteiger partial charge in [-0.3, -0.25) is 14.3 Å². The number of rotatable bonds is 5. The SMILES string of the molecule is CCn1[nH]cc(C(=O)c2ccc(S(C)(=O)=O)c(-c3ccc(Cl)cc3)c2Cl)c1=O. The van der Waals surface area contributed by atoms with Gasteiger partial charge in [-0.15, -0.1) is 0 Å². The van der Waals surface area contributed by atoms with Crippen molar-refractivity contribution in [3.8, 4) is 11.1 Å². The number of hydrogen-bond acceptors (Lipinski definition) is 4. The van der Waals surface area contributed by atoms with Gasteiger partial charge in [-0.1, -0.05) is 35.3 Å². The van der Waals surface area contributed by atoms with Gasteiger partial charge in [0.25, 0.3) is 5.56 Å². The van der Waals surface area contributed by atoms with E-state index < -0.39 is 21.2 Å². The molecule has 3 rings (SSSR count). The van der Waals surface area contributed by atoms with Crippen molar-refractivity contribution in [1.29, 1.82) is 0 Å². The number of aryl methyl sites for hydroxylation is 1. The minimum absolute atomic E-state index is 0.0172. The van der Waals surface area contributed by atoms with E-state index in [4.69, 9.17) is 23.2 Å². The van der Waals surface area contributed by atoms with Crippen molar-refractivity contribution >= 4 is 38.8 Å². The van der Waals surface area contributed by atoms with Gasteiger partial charge in [0, 0.05) is 35.1 Å². The van der Waals surface area contributed by atoms with E-state index in [2.05, 4.69) is 5.10 Å². The summed E-state index contributed by atoms with van der Waals surface area (Å²) in [7, 11) is -3.63. The van der Waals surface area contributed by atoms with Crippen molar-refractivity contribution in [2.75, 3.05) is 6.26 Å². The summed E-state index contributed by atoms with van der Waals surface area (Å²) in [6.45, 7) is 2.14. The zero-order chi connectivity index (χ0) is 20.6. The Morgan fingerprint density at radius 2 is 1.71 bits per heavy atom. The van der Waals surface area contributed by atoms with Crippen LogP contribution in [-0.4, -0.2) is 30.2 Å². The quantitative estimate of drug-likeness (QED) is 0.613. The first-order chi connectivity index (χ1) is 13.1. The van der Waals surface area contributed by atoms with Crippen molar-refractivity contribution in [2.45, 2.75) is 18.4 Å². The molecule has 0 saturated heterocycles. The first-order valence-corrected chi connectivity index (χ1v) is 10.9. The van der Waals surface area contributed by atoms with E-state index in [-0.39, 0.29) is 26.6 Å². The zero-order valence-corrected chi connectivity index (χ0v) is 17.3. The molecule has 0 amide bonds. The van der Waals surface area contributed by atoms with Gasteiger partial charge >= 0.3 is 0 Å². The zero-order valence-electron chi connectivity index (χ0n) is 15.0. The second kappa shape index (κ2) is 7.58. The minimum atomic E-state index is -3.63. The van der Waals surface area contributed by atoms with Crippen LogP contribution >= 0.6 is 23.2 Å². The molecule has 0 aliphatic heterocycles. The molecule has 1 N–H and O–H groups in total. The first kappa shape index (κ1) is 20.4. The Morgan fingerprint density at radius 1 is 1.07 bits per heavy atom. The van der Waals surface area contributed by atoms with Crippen LogP contribution in [-0.2, 0) is 16.4 Å². The lowest BCUT2D eigenvalue weighted by molar-refractivity contribution is 0.103. The van der Waals surface area contributed by atoms with Crippen molar-refractivity contribution in [1.82, 2.24) is 9.78 Å². The van der Waals surface area contributed by atoms with Gasteiger partial charge in [0.1, 0.15) is 5.56 Å². The first-order valence-electron chi connectivity index (χ1n) is 8.26. The Kier molecular flexibility index (Phi) is 5.52. The highest BCUT2D eigenvalue weighted by Crippen LogP contribution is 2.37. The Labute approximate surface area is 171 Å². The highest BCUT2D eigenvalue weighted by atomic mass is 35.5. The van der Waals surface area contributed by atoms with Crippen LogP contribution in [0.3, 0.4) is 0 Å². The third-order valence-corrected chi connectivity index (χ3v) is 6.07. The molecule has 1 heterocycles. The fourth-order valence-electron chi connectivity index (χ4n) is 2.88. The molecule has 0 atom stereocenters. The summed E-state index contributed by atoms with van der Waals surface area (Å²) >= 11 is 12.4. The van der Waals surface area contributed by atoms with Crippen LogP contribution in [0.2, 0.25) is 10.0 Å². The summed E-state index contributed by atoms with van der Waals surface area (Å²) in [6, 6.07) is 9.08. The summed E-state index contributed by atoms with van der Waals surface area (Å²) in [5.74, 6) is -0.589. The predicted molar refractivity (Wildman–Crippen MR) is 109 cm³/mol. The van der Waals surface area contributed by atoms with E-state index in [1.165, 1.54) is 23.0 Å². The average Bonchev–Trinajstić information content (AvgIpc) is 3.01. The number of carbonyl (C=O) groups excluding carboxylic acids is 1. The Hall–Kier alpha value is -2.35. The van der Waals surface area contributed by atoms with Crippen molar-refractivity contribution < 1.29 is 13.2 Å². The van der Waals surface area contributed by atoms with Crippen molar-refractivity contribution in [2.24, 2.45) is 0 Å². The van der Waals surface area contributed by atoms with Gasteiger partial charge in [0.15, 0.2) is 9.84 Å². The number of carbonyl (C=O) groups is 1. The number of halogens is 2. The number of benzene rings is 2. The monoisotopic (exact) mass is 438 g/mol. The Bertz CT molecular complexity index is 1230. The molecule has 1 aromatic heterocycles. The van der Waals surface area contributed by atoms with Crippen LogP contribution in [0.1, 0.15) is 22.8 Å². The molecule has 146 valence electrons.